The zero-order valence-corrected chi connectivity index (χ0v) is 14.7. The van der Waals surface area contributed by atoms with Crippen LogP contribution in [0.2, 0.25) is 0 Å². The van der Waals surface area contributed by atoms with Crippen molar-refractivity contribution in [2.75, 3.05) is 13.1 Å². The van der Waals surface area contributed by atoms with Crippen LogP contribution >= 0.6 is 11.3 Å². The second kappa shape index (κ2) is 8.26. The van der Waals surface area contributed by atoms with Crippen molar-refractivity contribution in [2.24, 2.45) is 0 Å². The largest absolute Gasteiger partial charge is 0.373 e. The number of nitrogens with one attached hydrogen (secondary N) is 1. The quantitative estimate of drug-likeness (QED) is 0.904. The summed E-state index contributed by atoms with van der Waals surface area (Å²) in [5.74, 6) is 0. The summed E-state index contributed by atoms with van der Waals surface area (Å²) < 4.78 is 5.96. The van der Waals surface area contributed by atoms with E-state index in [4.69, 9.17) is 4.74 Å². The summed E-state index contributed by atoms with van der Waals surface area (Å²) in [7, 11) is 0. The molecule has 0 aliphatic carbocycles. The number of likely N-dealkylation sites (tertiary alicyclic amines) is 1. The molecule has 1 aliphatic heterocycles. The van der Waals surface area contributed by atoms with Gasteiger partial charge in [-0.15, -0.1) is 11.3 Å². The van der Waals surface area contributed by atoms with Gasteiger partial charge in [-0.1, -0.05) is 30.3 Å². The topological polar surface area (TPSA) is 54.5 Å². The predicted molar refractivity (Wildman–Crippen MR) is 94.9 cm³/mol. The smallest absolute Gasteiger partial charge is 0.317 e. The zero-order valence-electron chi connectivity index (χ0n) is 13.9. The molecule has 3 rings (SSSR count). The van der Waals surface area contributed by atoms with Crippen molar-refractivity contribution in [3.8, 4) is 0 Å². The maximum atomic E-state index is 12.2. The molecular weight excluding hydrogens is 322 g/mol. The van der Waals surface area contributed by atoms with Gasteiger partial charge >= 0.3 is 6.03 Å². The van der Waals surface area contributed by atoms with E-state index in [1.807, 2.05) is 35.4 Å². The first kappa shape index (κ1) is 16.9. The number of ether oxygens (including phenoxy) is 1. The van der Waals surface area contributed by atoms with Crippen LogP contribution in [0.4, 0.5) is 4.79 Å². The first-order valence-electron chi connectivity index (χ1n) is 8.30. The third-order valence-electron chi connectivity index (χ3n) is 4.15. The molecule has 0 atom stereocenters. The number of hydrogen-bond acceptors (Lipinski definition) is 4. The molecule has 0 radical (unpaired) electrons. The fourth-order valence-electron chi connectivity index (χ4n) is 2.78. The summed E-state index contributed by atoms with van der Waals surface area (Å²) in [6.45, 7) is 4.58. The number of thiazole rings is 1. The van der Waals surface area contributed by atoms with Crippen LogP contribution in [0.25, 0.3) is 0 Å². The summed E-state index contributed by atoms with van der Waals surface area (Å²) in [6.07, 6.45) is 2.00. The van der Waals surface area contributed by atoms with Crippen molar-refractivity contribution in [1.82, 2.24) is 15.2 Å². The van der Waals surface area contributed by atoms with Gasteiger partial charge < -0.3 is 15.0 Å². The molecule has 1 aromatic carbocycles. The highest BCUT2D eigenvalue weighted by molar-refractivity contribution is 7.09. The maximum absolute atomic E-state index is 12.2. The molecule has 1 saturated heterocycles. The monoisotopic (exact) mass is 345 g/mol. The van der Waals surface area contributed by atoms with Crippen LogP contribution in [-0.2, 0) is 17.9 Å². The van der Waals surface area contributed by atoms with E-state index in [9.17, 15) is 4.79 Å². The molecule has 128 valence electrons. The lowest BCUT2D eigenvalue weighted by Crippen LogP contribution is -2.45. The van der Waals surface area contributed by atoms with Gasteiger partial charge in [0.1, 0.15) is 0 Å². The van der Waals surface area contributed by atoms with Crippen LogP contribution in [0, 0.1) is 6.92 Å². The Labute approximate surface area is 146 Å². The van der Waals surface area contributed by atoms with Gasteiger partial charge in [0.05, 0.1) is 30.0 Å². The van der Waals surface area contributed by atoms with E-state index in [2.05, 4.69) is 22.4 Å². The number of rotatable bonds is 5. The molecule has 6 heteroatoms. The number of carbonyl (C=O) groups excluding carboxylic acids is 1. The summed E-state index contributed by atoms with van der Waals surface area (Å²) in [5.41, 5.74) is 2.11. The van der Waals surface area contributed by atoms with E-state index in [0.29, 0.717) is 13.2 Å². The van der Waals surface area contributed by atoms with E-state index >= 15 is 0 Å². The Balaban J connectivity index is 1.37. The zero-order chi connectivity index (χ0) is 16.8. The average Bonchev–Trinajstić information content (AvgIpc) is 3.04. The van der Waals surface area contributed by atoms with E-state index in [0.717, 1.165) is 36.6 Å². The molecule has 0 bridgehead atoms. The normalized spacial score (nSPS) is 15.5. The van der Waals surface area contributed by atoms with Gasteiger partial charge in [-0.2, -0.15) is 0 Å². The van der Waals surface area contributed by atoms with E-state index in [-0.39, 0.29) is 12.1 Å². The minimum absolute atomic E-state index is 0.0119. The van der Waals surface area contributed by atoms with Gasteiger partial charge in [-0.05, 0) is 25.3 Å². The molecular formula is C18H23N3O2S. The van der Waals surface area contributed by atoms with Gasteiger partial charge in [0, 0.05) is 18.5 Å². The van der Waals surface area contributed by atoms with Crippen LogP contribution in [-0.4, -0.2) is 35.1 Å². The standard InChI is InChI=1S/C18H23N3O2S/c1-14-20-16(13-24-14)11-19-18(22)21-9-7-17(8-10-21)23-12-15-5-3-2-4-6-15/h2-6,13,17H,7-12H2,1H3,(H,19,22). The van der Waals surface area contributed by atoms with Crippen molar-refractivity contribution in [1.29, 1.82) is 0 Å². The predicted octanol–water partition coefficient (Wildman–Crippen LogP) is 3.34. The fraction of sp³-hybridized carbons (Fsp3) is 0.444. The highest BCUT2D eigenvalue weighted by atomic mass is 32.1. The Hall–Kier alpha value is -1.92. The molecule has 24 heavy (non-hydrogen) atoms. The number of nitrogens with zero attached hydrogens (tertiary/aromatic N) is 2. The lowest BCUT2D eigenvalue weighted by molar-refractivity contribution is 0.00444. The van der Waals surface area contributed by atoms with Crippen molar-refractivity contribution >= 4 is 17.4 Å². The molecule has 0 spiro atoms. The van der Waals surface area contributed by atoms with E-state index < -0.39 is 0 Å². The highest BCUT2D eigenvalue weighted by Gasteiger charge is 2.23. The average molecular weight is 345 g/mol. The third kappa shape index (κ3) is 4.79. The Bertz CT molecular complexity index is 651. The van der Waals surface area contributed by atoms with E-state index in [1.165, 1.54) is 5.56 Å². The van der Waals surface area contributed by atoms with E-state index in [1.54, 1.807) is 11.3 Å². The van der Waals surface area contributed by atoms with Crippen molar-refractivity contribution in [3.63, 3.8) is 0 Å². The van der Waals surface area contributed by atoms with Crippen LogP contribution in [0.3, 0.4) is 0 Å². The molecule has 0 saturated carbocycles. The molecule has 2 heterocycles. The number of amides is 2. The van der Waals surface area contributed by atoms with Gasteiger partial charge in [0.15, 0.2) is 0 Å². The minimum atomic E-state index is -0.0119. The number of benzene rings is 1. The highest BCUT2D eigenvalue weighted by Crippen LogP contribution is 2.16. The molecule has 1 N–H and O–H groups in total. The molecule has 2 amide bonds. The molecule has 1 aromatic heterocycles. The Morgan fingerprint density at radius 2 is 2.08 bits per heavy atom. The van der Waals surface area contributed by atoms with Gasteiger partial charge in [0.2, 0.25) is 0 Å². The Kier molecular flexibility index (Phi) is 5.82. The van der Waals surface area contributed by atoms with Crippen LogP contribution in [0.5, 0.6) is 0 Å². The lowest BCUT2D eigenvalue weighted by Gasteiger charge is -2.32. The molecule has 2 aromatic rings. The van der Waals surface area contributed by atoms with Crippen LogP contribution < -0.4 is 5.32 Å². The van der Waals surface area contributed by atoms with Gasteiger partial charge in [-0.3, -0.25) is 0 Å². The second-order valence-corrected chi connectivity index (χ2v) is 7.06. The first-order chi connectivity index (χ1) is 11.7. The summed E-state index contributed by atoms with van der Waals surface area (Å²) in [6, 6.07) is 10.2. The maximum Gasteiger partial charge on any atom is 0.317 e. The van der Waals surface area contributed by atoms with Gasteiger partial charge in [0.25, 0.3) is 0 Å². The molecule has 1 fully saturated rings. The molecule has 5 nitrogen and oxygen atoms in total. The summed E-state index contributed by atoms with van der Waals surface area (Å²) >= 11 is 1.60. The lowest BCUT2D eigenvalue weighted by atomic mass is 10.1. The molecule has 0 unspecified atom stereocenters. The number of carbonyl (C=O) groups is 1. The first-order valence-corrected chi connectivity index (χ1v) is 9.18. The number of aryl methyl sites for hydroxylation is 1. The SMILES string of the molecule is Cc1nc(CNC(=O)N2CCC(OCc3ccccc3)CC2)cs1. The number of piperidine rings is 1. The number of urea groups is 1. The Morgan fingerprint density at radius 3 is 2.75 bits per heavy atom. The Morgan fingerprint density at radius 1 is 1.33 bits per heavy atom. The van der Waals surface area contributed by atoms with Crippen molar-refractivity contribution in [2.45, 2.75) is 39.0 Å². The third-order valence-corrected chi connectivity index (χ3v) is 4.97. The molecule has 1 aliphatic rings. The second-order valence-electron chi connectivity index (χ2n) is 6.00. The van der Waals surface area contributed by atoms with Crippen molar-refractivity contribution in [3.05, 3.63) is 52.0 Å². The summed E-state index contributed by atoms with van der Waals surface area (Å²) in [5, 5.41) is 5.95. The minimum Gasteiger partial charge on any atom is -0.373 e. The number of aromatic nitrogens is 1. The summed E-state index contributed by atoms with van der Waals surface area (Å²) in [4.78, 5) is 18.4. The van der Waals surface area contributed by atoms with Gasteiger partial charge in [-0.25, -0.2) is 9.78 Å². The fourth-order valence-corrected chi connectivity index (χ4v) is 3.39. The van der Waals surface area contributed by atoms with Crippen LogP contribution in [0.1, 0.15) is 29.1 Å². The van der Waals surface area contributed by atoms with Crippen LogP contribution in [0.15, 0.2) is 35.7 Å². The number of hydrogen-bond donors (Lipinski definition) is 1. The van der Waals surface area contributed by atoms with Crippen molar-refractivity contribution < 1.29 is 9.53 Å².